The van der Waals surface area contributed by atoms with Gasteiger partial charge in [-0.1, -0.05) is 54.0 Å². The predicted octanol–water partition coefficient (Wildman–Crippen LogP) is 4.73. The van der Waals surface area contributed by atoms with E-state index in [0.717, 1.165) is 5.92 Å². The largest absolute Gasteiger partial charge is 0.0729 e. The number of hydrogen-bond acceptors (Lipinski definition) is 0. The lowest BCUT2D eigenvalue weighted by molar-refractivity contribution is 0.386. The van der Waals surface area contributed by atoms with Crippen molar-refractivity contribution >= 4 is 0 Å². The average Bonchev–Trinajstić information content (AvgIpc) is 2.55. The summed E-state index contributed by atoms with van der Waals surface area (Å²) in [6.45, 7) is 14.1. The second kappa shape index (κ2) is 2.99. The van der Waals surface area contributed by atoms with E-state index in [0.29, 0.717) is 10.8 Å². The highest BCUT2D eigenvalue weighted by atomic mass is 14.6. The van der Waals surface area contributed by atoms with Crippen molar-refractivity contribution in [3.63, 3.8) is 0 Å². The van der Waals surface area contributed by atoms with Gasteiger partial charge >= 0.3 is 0 Å². The first-order chi connectivity index (χ1) is 6.80. The molecule has 0 radical (unpaired) electrons. The molecule has 15 heavy (non-hydrogen) atoms. The molecule has 0 amide bonds. The molecule has 0 spiro atoms. The zero-order valence-electron chi connectivity index (χ0n) is 11.1. The summed E-state index contributed by atoms with van der Waals surface area (Å²) >= 11 is 0. The molecule has 0 aliphatic heterocycles. The van der Waals surface area contributed by atoms with E-state index >= 15 is 0 Å². The van der Waals surface area contributed by atoms with Crippen LogP contribution in [0.4, 0.5) is 0 Å². The van der Waals surface area contributed by atoms with Gasteiger partial charge in [0.25, 0.3) is 0 Å². The first-order valence-corrected chi connectivity index (χ1v) is 6.28. The molecule has 0 aromatic rings. The Hall–Kier alpha value is -0.520. The highest BCUT2D eigenvalue weighted by Crippen LogP contribution is 2.64. The smallest absolute Gasteiger partial charge is 0.0117 e. The Kier molecular flexibility index (Phi) is 2.19. The molecule has 3 aliphatic rings. The molecule has 0 N–H and O–H groups in total. The predicted molar refractivity (Wildman–Crippen MR) is 66.7 cm³/mol. The quantitative estimate of drug-likeness (QED) is 0.610. The van der Waals surface area contributed by atoms with Crippen LogP contribution in [0.3, 0.4) is 0 Å². The number of allylic oxidation sites excluding steroid dienone is 4. The monoisotopic (exact) mass is 204 g/mol. The number of fused-ring (bicyclic) bond motifs is 1. The summed E-state index contributed by atoms with van der Waals surface area (Å²) in [4.78, 5) is 0. The summed E-state index contributed by atoms with van der Waals surface area (Å²) in [5.41, 5.74) is 5.79. The lowest BCUT2D eigenvalue weighted by Crippen LogP contribution is -2.34. The maximum Gasteiger partial charge on any atom is 0.0117 e. The minimum Gasteiger partial charge on any atom is -0.0729 e. The summed E-state index contributed by atoms with van der Waals surface area (Å²) in [6, 6.07) is 0. The van der Waals surface area contributed by atoms with Crippen molar-refractivity contribution in [2.75, 3.05) is 0 Å². The van der Waals surface area contributed by atoms with Gasteiger partial charge < -0.3 is 0 Å². The lowest BCUT2D eigenvalue weighted by atomic mass is 9.58. The van der Waals surface area contributed by atoms with E-state index < -0.39 is 0 Å². The van der Waals surface area contributed by atoms with Gasteiger partial charge in [-0.3, -0.25) is 0 Å². The van der Waals surface area contributed by atoms with Crippen LogP contribution < -0.4 is 0 Å². The summed E-state index contributed by atoms with van der Waals surface area (Å²) in [5, 5.41) is 0. The zero-order chi connectivity index (χ0) is 11.4. The second-order valence-electron chi connectivity index (χ2n) is 6.64. The van der Waals surface area contributed by atoms with Gasteiger partial charge in [-0.05, 0) is 34.5 Å². The molecule has 0 heterocycles. The zero-order valence-corrected chi connectivity index (χ0v) is 11.1. The Morgan fingerprint density at radius 1 is 1.27 bits per heavy atom. The molecule has 0 aromatic heterocycles. The molecule has 0 nitrogen and oxygen atoms in total. The Morgan fingerprint density at radius 2 is 1.87 bits per heavy atom. The molecule has 1 unspecified atom stereocenters. The van der Waals surface area contributed by atoms with E-state index in [2.05, 4.69) is 47.6 Å². The minimum atomic E-state index is 0.346. The third kappa shape index (κ3) is 1.33. The SMILES string of the molecule is CCCC1C=C2C(C(C)(C)C)=C1C2(C)C. The average molecular weight is 204 g/mol. The third-order valence-electron chi connectivity index (χ3n) is 3.97. The summed E-state index contributed by atoms with van der Waals surface area (Å²) in [6.07, 6.45) is 5.17. The second-order valence-corrected chi connectivity index (χ2v) is 6.64. The maximum absolute atomic E-state index is 2.54. The van der Waals surface area contributed by atoms with Gasteiger partial charge in [0, 0.05) is 5.41 Å². The van der Waals surface area contributed by atoms with Crippen molar-refractivity contribution < 1.29 is 0 Å². The maximum atomic E-state index is 2.54. The van der Waals surface area contributed by atoms with Crippen LogP contribution in [0.2, 0.25) is 0 Å². The van der Waals surface area contributed by atoms with Crippen LogP contribution in [0, 0.1) is 16.7 Å². The van der Waals surface area contributed by atoms with Crippen LogP contribution in [0.25, 0.3) is 0 Å². The molecule has 3 aliphatic carbocycles. The lowest BCUT2D eigenvalue weighted by Gasteiger charge is -2.46. The molecule has 3 rings (SSSR count). The van der Waals surface area contributed by atoms with Crippen molar-refractivity contribution in [1.82, 2.24) is 0 Å². The molecule has 0 heteroatoms. The van der Waals surface area contributed by atoms with Crippen LogP contribution in [-0.2, 0) is 0 Å². The molecular formula is C15H24. The van der Waals surface area contributed by atoms with Crippen molar-refractivity contribution in [2.45, 2.75) is 54.4 Å². The fraction of sp³-hybridized carbons (Fsp3) is 0.733. The first kappa shape index (κ1) is 11.0. The van der Waals surface area contributed by atoms with Gasteiger partial charge in [-0.15, -0.1) is 0 Å². The van der Waals surface area contributed by atoms with Crippen molar-refractivity contribution in [3.05, 3.63) is 22.8 Å². The molecule has 0 aromatic carbocycles. The standard InChI is InChI=1S/C15H24/c1-7-8-10-9-11-13(14(2,3)4)12(10)15(11,5)6/h9-10H,7-8H2,1-6H3. The van der Waals surface area contributed by atoms with Gasteiger partial charge in [-0.2, -0.15) is 0 Å². The molecule has 0 saturated carbocycles. The molecular weight excluding hydrogens is 180 g/mol. The van der Waals surface area contributed by atoms with Crippen molar-refractivity contribution in [1.29, 1.82) is 0 Å². The summed E-state index contributed by atoms with van der Waals surface area (Å²) in [7, 11) is 0. The highest BCUT2D eigenvalue weighted by Gasteiger charge is 2.52. The van der Waals surface area contributed by atoms with Crippen molar-refractivity contribution in [3.8, 4) is 0 Å². The van der Waals surface area contributed by atoms with E-state index in [1.54, 1.807) is 16.7 Å². The fourth-order valence-electron chi connectivity index (χ4n) is 3.42. The van der Waals surface area contributed by atoms with E-state index in [1.165, 1.54) is 12.8 Å². The van der Waals surface area contributed by atoms with Gasteiger partial charge in [0.05, 0.1) is 0 Å². The van der Waals surface area contributed by atoms with E-state index in [4.69, 9.17) is 0 Å². The van der Waals surface area contributed by atoms with Crippen LogP contribution in [0.1, 0.15) is 54.4 Å². The van der Waals surface area contributed by atoms with Crippen molar-refractivity contribution in [2.24, 2.45) is 16.7 Å². The third-order valence-corrected chi connectivity index (χ3v) is 3.97. The van der Waals surface area contributed by atoms with E-state index in [-0.39, 0.29) is 0 Å². The van der Waals surface area contributed by atoms with Gasteiger partial charge in [0.15, 0.2) is 0 Å². The Morgan fingerprint density at radius 3 is 2.27 bits per heavy atom. The van der Waals surface area contributed by atoms with Crippen LogP contribution in [-0.4, -0.2) is 0 Å². The molecule has 2 bridgehead atoms. The van der Waals surface area contributed by atoms with E-state index in [9.17, 15) is 0 Å². The van der Waals surface area contributed by atoms with Gasteiger partial charge in [-0.25, -0.2) is 0 Å². The van der Waals surface area contributed by atoms with Crippen LogP contribution >= 0.6 is 0 Å². The Balaban J connectivity index is 2.39. The van der Waals surface area contributed by atoms with Gasteiger partial charge in [0.2, 0.25) is 0 Å². The molecule has 0 saturated heterocycles. The summed E-state index contributed by atoms with van der Waals surface area (Å²) in [5.74, 6) is 0.759. The first-order valence-electron chi connectivity index (χ1n) is 6.28. The molecule has 84 valence electrons. The molecule has 1 atom stereocenters. The number of rotatable bonds is 2. The number of hydrogen-bond donors (Lipinski definition) is 0. The Bertz CT molecular complexity index is 345. The summed E-state index contributed by atoms with van der Waals surface area (Å²) < 4.78 is 0. The minimum absolute atomic E-state index is 0.346. The normalized spacial score (nSPS) is 27.9. The topological polar surface area (TPSA) is 0 Å². The fourth-order valence-corrected chi connectivity index (χ4v) is 3.42. The van der Waals surface area contributed by atoms with Crippen LogP contribution in [0.5, 0.6) is 0 Å². The highest BCUT2D eigenvalue weighted by molar-refractivity contribution is 5.65. The van der Waals surface area contributed by atoms with E-state index in [1.807, 2.05) is 0 Å². The molecule has 0 fully saturated rings. The van der Waals surface area contributed by atoms with Gasteiger partial charge in [0.1, 0.15) is 0 Å². The van der Waals surface area contributed by atoms with Crippen LogP contribution in [0.15, 0.2) is 22.8 Å². The Labute approximate surface area is 94.5 Å².